The van der Waals surface area contributed by atoms with Gasteiger partial charge in [0.05, 0.1) is 11.3 Å². The standard InChI is InChI=1S/C36H23F3N2O4/c1-16(2)17(3)40-32(42)24-11-7-20-22-9-13-26-31-27(35(45)41(34(26)44)19-6-4-5-18(15-19)36(37,38)39)14-10-23(29(22)31)21-8-12-25(33(40)43)30(24)28(20)21/h4-17H,1-3H3. The highest BCUT2D eigenvalue weighted by Crippen LogP contribution is 2.47. The first kappa shape index (κ1) is 27.3. The van der Waals surface area contributed by atoms with Crippen LogP contribution in [-0.4, -0.2) is 34.6 Å². The van der Waals surface area contributed by atoms with Crippen molar-refractivity contribution in [2.45, 2.75) is 33.0 Å². The van der Waals surface area contributed by atoms with Gasteiger partial charge in [0.15, 0.2) is 0 Å². The summed E-state index contributed by atoms with van der Waals surface area (Å²) in [6.07, 6.45) is -4.65. The molecule has 0 fully saturated rings. The van der Waals surface area contributed by atoms with E-state index in [1.165, 1.54) is 17.0 Å². The summed E-state index contributed by atoms with van der Waals surface area (Å²) in [5.74, 6) is -2.07. The van der Waals surface area contributed by atoms with E-state index in [4.69, 9.17) is 0 Å². The Morgan fingerprint density at radius 3 is 1.38 bits per heavy atom. The Morgan fingerprint density at radius 2 is 0.978 bits per heavy atom. The molecule has 1 atom stereocenters. The van der Waals surface area contributed by atoms with Crippen LogP contribution in [0.2, 0.25) is 0 Å². The van der Waals surface area contributed by atoms with Crippen molar-refractivity contribution in [3.63, 3.8) is 0 Å². The highest BCUT2D eigenvalue weighted by molar-refractivity contribution is 6.43. The van der Waals surface area contributed by atoms with Gasteiger partial charge in [0.1, 0.15) is 0 Å². The summed E-state index contributed by atoms with van der Waals surface area (Å²) in [5.41, 5.74) is 0.133. The number of anilines is 1. The predicted octanol–water partition coefficient (Wildman–Crippen LogP) is 8.20. The number of benzene rings is 6. The Bertz CT molecular complexity index is 2240. The lowest BCUT2D eigenvalue weighted by atomic mass is 9.82. The monoisotopic (exact) mass is 604 g/mol. The molecule has 8 rings (SSSR count). The third-order valence-corrected chi connectivity index (χ3v) is 9.47. The molecule has 45 heavy (non-hydrogen) atoms. The van der Waals surface area contributed by atoms with Gasteiger partial charge in [0.25, 0.3) is 23.6 Å². The molecule has 222 valence electrons. The van der Waals surface area contributed by atoms with Crippen LogP contribution in [0.4, 0.5) is 18.9 Å². The molecule has 9 heteroatoms. The molecule has 0 aromatic heterocycles. The van der Waals surface area contributed by atoms with Gasteiger partial charge in [-0.1, -0.05) is 44.2 Å². The van der Waals surface area contributed by atoms with Crippen molar-refractivity contribution in [1.82, 2.24) is 4.90 Å². The zero-order chi connectivity index (χ0) is 31.7. The first-order valence-electron chi connectivity index (χ1n) is 14.5. The Labute approximate surface area is 253 Å². The van der Waals surface area contributed by atoms with Crippen molar-refractivity contribution < 1.29 is 32.3 Å². The van der Waals surface area contributed by atoms with Crippen molar-refractivity contribution in [2.24, 2.45) is 5.92 Å². The Hall–Kier alpha value is -5.31. The van der Waals surface area contributed by atoms with Gasteiger partial charge >= 0.3 is 6.18 Å². The number of carbonyl (C=O) groups is 4. The summed E-state index contributed by atoms with van der Waals surface area (Å²) in [5, 5.41) is 5.38. The minimum atomic E-state index is -4.65. The highest BCUT2D eigenvalue weighted by atomic mass is 19.4. The van der Waals surface area contributed by atoms with Gasteiger partial charge < -0.3 is 0 Å². The van der Waals surface area contributed by atoms with Gasteiger partial charge in [0.2, 0.25) is 0 Å². The van der Waals surface area contributed by atoms with E-state index in [2.05, 4.69) is 0 Å². The number of nitrogens with zero attached hydrogens (tertiary/aromatic N) is 2. The number of imide groups is 2. The quantitative estimate of drug-likeness (QED) is 0.116. The predicted molar refractivity (Wildman–Crippen MR) is 165 cm³/mol. The van der Waals surface area contributed by atoms with Crippen LogP contribution in [0.5, 0.6) is 0 Å². The van der Waals surface area contributed by atoms with Crippen molar-refractivity contribution in [3.8, 4) is 0 Å². The third-order valence-electron chi connectivity index (χ3n) is 9.47. The van der Waals surface area contributed by atoms with Crippen molar-refractivity contribution in [3.05, 3.63) is 101 Å². The van der Waals surface area contributed by atoms with Crippen LogP contribution in [0.3, 0.4) is 0 Å². The largest absolute Gasteiger partial charge is 0.416 e. The lowest BCUT2D eigenvalue weighted by Crippen LogP contribution is -2.47. The van der Waals surface area contributed by atoms with Crippen LogP contribution in [-0.2, 0) is 6.18 Å². The number of halogens is 3. The summed E-state index contributed by atoms with van der Waals surface area (Å²) in [4.78, 5) is 57.2. The van der Waals surface area contributed by atoms with Crippen LogP contribution < -0.4 is 4.90 Å². The third kappa shape index (κ3) is 3.46. The lowest BCUT2D eigenvalue weighted by Gasteiger charge is -2.34. The molecule has 0 saturated heterocycles. The van der Waals surface area contributed by atoms with Crippen LogP contribution in [0, 0.1) is 5.92 Å². The van der Waals surface area contributed by atoms with E-state index in [-0.39, 0.29) is 40.6 Å². The molecule has 0 aliphatic carbocycles. The number of hydrogen-bond acceptors (Lipinski definition) is 4. The van der Waals surface area contributed by atoms with Crippen LogP contribution in [0.15, 0.2) is 72.8 Å². The molecule has 1 unspecified atom stereocenters. The molecule has 0 N–H and O–H groups in total. The SMILES string of the molecule is CC(C)C(C)N1C(=O)c2ccc3c4ccc5c6c(ccc(c7ccc(c2c37)C1=O)c64)C(=O)N(c1cccc(C(F)(F)F)c1)C5=O. The Morgan fingerprint density at radius 1 is 0.556 bits per heavy atom. The normalized spacial score (nSPS) is 16.0. The second kappa shape index (κ2) is 8.88. The van der Waals surface area contributed by atoms with E-state index < -0.39 is 23.6 Å². The number of hydrogen-bond donors (Lipinski definition) is 0. The van der Waals surface area contributed by atoms with Crippen molar-refractivity contribution in [1.29, 1.82) is 0 Å². The van der Waals surface area contributed by atoms with E-state index in [9.17, 15) is 32.3 Å². The van der Waals surface area contributed by atoms with Gasteiger partial charge in [-0.2, -0.15) is 13.2 Å². The maximum absolute atomic E-state index is 13.8. The topological polar surface area (TPSA) is 74.8 Å². The fourth-order valence-corrected chi connectivity index (χ4v) is 7.01. The van der Waals surface area contributed by atoms with Gasteiger partial charge in [-0.15, -0.1) is 0 Å². The maximum Gasteiger partial charge on any atom is 0.416 e. The summed E-state index contributed by atoms with van der Waals surface area (Å²) in [6, 6.07) is 17.7. The minimum absolute atomic E-state index is 0.0636. The number of fused-ring (bicyclic) bond motifs is 2. The zero-order valence-corrected chi connectivity index (χ0v) is 24.2. The van der Waals surface area contributed by atoms with Gasteiger partial charge in [-0.05, 0) is 87.6 Å². The summed E-state index contributed by atoms with van der Waals surface area (Å²) < 4.78 is 40.4. The lowest BCUT2D eigenvalue weighted by molar-refractivity contribution is -0.137. The van der Waals surface area contributed by atoms with Crippen LogP contribution in [0.25, 0.3) is 43.1 Å². The van der Waals surface area contributed by atoms with E-state index in [0.29, 0.717) is 27.3 Å². The summed E-state index contributed by atoms with van der Waals surface area (Å²) >= 11 is 0. The number of alkyl halides is 3. The molecular formula is C36H23F3N2O4. The molecule has 0 spiro atoms. The minimum Gasteiger partial charge on any atom is -0.271 e. The van der Waals surface area contributed by atoms with E-state index in [1.807, 2.05) is 32.9 Å². The smallest absolute Gasteiger partial charge is 0.271 e. The molecule has 4 amide bonds. The van der Waals surface area contributed by atoms with Crippen LogP contribution in [0.1, 0.15) is 67.8 Å². The van der Waals surface area contributed by atoms with E-state index in [0.717, 1.165) is 44.0 Å². The Balaban J connectivity index is 1.38. The molecule has 0 bridgehead atoms. The average Bonchev–Trinajstić information content (AvgIpc) is 3.01. The molecule has 6 nitrogen and oxygen atoms in total. The number of amides is 4. The van der Waals surface area contributed by atoms with Gasteiger partial charge in [0, 0.05) is 39.1 Å². The molecule has 6 aromatic rings. The summed E-state index contributed by atoms with van der Waals surface area (Å²) in [7, 11) is 0. The maximum atomic E-state index is 13.8. The zero-order valence-electron chi connectivity index (χ0n) is 24.2. The fraction of sp³-hybridized carbons (Fsp3) is 0.167. The van der Waals surface area contributed by atoms with Gasteiger partial charge in [-0.3, -0.25) is 24.1 Å². The molecule has 6 aromatic carbocycles. The van der Waals surface area contributed by atoms with E-state index in [1.54, 1.807) is 36.4 Å². The van der Waals surface area contributed by atoms with E-state index >= 15 is 0 Å². The summed E-state index contributed by atoms with van der Waals surface area (Å²) in [6.45, 7) is 5.79. The fourth-order valence-electron chi connectivity index (χ4n) is 7.01. The molecule has 2 heterocycles. The molecule has 0 radical (unpaired) electrons. The second-order valence-electron chi connectivity index (χ2n) is 12.1. The van der Waals surface area contributed by atoms with Crippen molar-refractivity contribution >= 4 is 72.4 Å². The first-order valence-corrected chi connectivity index (χ1v) is 14.5. The molecule has 2 aliphatic rings. The molecule has 0 saturated carbocycles. The number of carbonyl (C=O) groups excluding carboxylic acids is 4. The average molecular weight is 605 g/mol. The molecule has 2 aliphatic heterocycles. The van der Waals surface area contributed by atoms with Crippen LogP contribution >= 0.6 is 0 Å². The highest BCUT2D eigenvalue weighted by Gasteiger charge is 2.40. The van der Waals surface area contributed by atoms with Gasteiger partial charge in [-0.25, -0.2) is 4.90 Å². The molecular weight excluding hydrogens is 581 g/mol. The Kier molecular flexibility index (Phi) is 5.38. The second-order valence-corrected chi connectivity index (χ2v) is 12.1. The number of rotatable bonds is 3. The van der Waals surface area contributed by atoms with Crippen molar-refractivity contribution in [2.75, 3.05) is 4.90 Å². The first-order chi connectivity index (χ1) is 21.4.